The van der Waals surface area contributed by atoms with Crippen molar-refractivity contribution in [3.8, 4) is 0 Å². The highest BCUT2D eigenvalue weighted by atomic mass is 15.1. The SMILES string of the molecule is CCC(CN(C)C(C)C)C(C)C. The first-order chi connectivity index (χ1) is 5.49. The summed E-state index contributed by atoms with van der Waals surface area (Å²) in [6.07, 6.45) is 1.30. The summed E-state index contributed by atoms with van der Waals surface area (Å²) < 4.78 is 0. The molecule has 1 atom stereocenters. The average Bonchev–Trinajstić information content (AvgIpc) is 1.98. The Balaban J connectivity index is 3.85. The van der Waals surface area contributed by atoms with Gasteiger partial charge in [0.1, 0.15) is 0 Å². The van der Waals surface area contributed by atoms with Crippen molar-refractivity contribution in [2.24, 2.45) is 11.8 Å². The number of hydrogen-bond acceptors (Lipinski definition) is 1. The third-order valence-electron chi connectivity index (χ3n) is 2.87. The van der Waals surface area contributed by atoms with Crippen molar-refractivity contribution in [1.29, 1.82) is 0 Å². The molecule has 0 rings (SSSR count). The van der Waals surface area contributed by atoms with Gasteiger partial charge in [-0.3, -0.25) is 0 Å². The minimum atomic E-state index is 0.679. The van der Waals surface area contributed by atoms with Crippen molar-refractivity contribution in [1.82, 2.24) is 4.90 Å². The van der Waals surface area contributed by atoms with Crippen LogP contribution in [0.15, 0.2) is 0 Å². The second kappa shape index (κ2) is 5.58. The first-order valence-electron chi connectivity index (χ1n) is 5.19. The first-order valence-corrected chi connectivity index (χ1v) is 5.19. The topological polar surface area (TPSA) is 3.24 Å². The van der Waals surface area contributed by atoms with Gasteiger partial charge < -0.3 is 4.90 Å². The lowest BCUT2D eigenvalue weighted by atomic mass is 9.92. The van der Waals surface area contributed by atoms with Crippen molar-refractivity contribution < 1.29 is 0 Å². The van der Waals surface area contributed by atoms with Gasteiger partial charge in [0.2, 0.25) is 0 Å². The lowest BCUT2D eigenvalue weighted by Crippen LogP contribution is -2.33. The summed E-state index contributed by atoms with van der Waals surface area (Å²) in [6, 6.07) is 0.679. The predicted molar refractivity (Wildman–Crippen MR) is 56.4 cm³/mol. The highest BCUT2D eigenvalue weighted by Crippen LogP contribution is 2.16. The molecule has 0 bridgehead atoms. The normalized spacial score (nSPS) is 14.8. The number of nitrogens with zero attached hydrogens (tertiary/aromatic N) is 1. The van der Waals surface area contributed by atoms with Crippen molar-refractivity contribution >= 4 is 0 Å². The van der Waals surface area contributed by atoms with Crippen LogP contribution in [0.1, 0.15) is 41.0 Å². The maximum atomic E-state index is 2.44. The van der Waals surface area contributed by atoms with Gasteiger partial charge in [-0.1, -0.05) is 27.2 Å². The molecule has 1 nitrogen and oxygen atoms in total. The Morgan fingerprint density at radius 1 is 1.08 bits per heavy atom. The fraction of sp³-hybridized carbons (Fsp3) is 1.00. The molecule has 0 heterocycles. The largest absolute Gasteiger partial charge is 0.304 e. The van der Waals surface area contributed by atoms with Gasteiger partial charge in [-0.2, -0.15) is 0 Å². The lowest BCUT2D eigenvalue weighted by Gasteiger charge is -2.28. The number of rotatable bonds is 5. The Morgan fingerprint density at radius 2 is 1.58 bits per heavy atom. The molecule has 0 aliphatic carbocycles. The number of hydrogen-bond donors (Lipinski definition) is 0. The summed E-state index contributed by atoms with van der Waals surface area (Å²) in [7, 11) is 2.22. The maximum Gasteiger partial charge on any atom is 0.00356 e. The van der Waals surface area contributed by atoms with Crippen LogP contribution in [-0.2, 0) is 0 Å². The van der Waals surface area contributed by atoms with E-state index in [1.165, 1.54) is 13.0 Å². The fourth-order valence-electron chi connectivity index (χ4n) is 1.39. The van der Waals surface area contributed by atoms with Crippen LogP contribution in [0, 0.1) is 11.8 Å². The predicted octanol–water partition coefficient (Wildman–Crippen LogP) is 3.01. The van der Waals surface area contributed by atoms with Gasteiger partial charge in [-0.25, -0.2) is 0 Å². The van der Waals surface area contributed by atoms with Crippen molar-refractivity contribution in [3.63, 3.8) is 0 Å². The molecule has 0 aromatic carbocycles. The minimum absolute atomic E-state index is 0.679. The molecule has 74 valence electrons. The molecule has 1 unspecified atom stereocenters. The van der Waals surface area contributed by atoms with Crippen molar-refractivity contribution in [3.05, 3.63) is 0 Å². The molecule has 0 aromatic rings. The van der Waals surface area contributed by atoms with E-state index < -0.39 is 0 Å². The molecule has 0 aliphatic rings. The molecule has 1 heteroatoms. The molecule has 0 aliphatic heterocycles. The van der Waals surface area contributed by atoms with Gasteiger partial charge in [0.15, 0.2) is 0 Å². The van der Waals surface area contributed by atoms with E-state index in [9.17, 15) is 0 Å². The van der Waals surface area contributed by atoms with E-state index in [4.69, 9.17) is 0 Å². The maximum absolute atomic E-state index is 2.44. The molecule has 0 amide bonds. The third-order valence-corrected chi connectivity index (χ3v) is 2.87. The Bertz CT molecular complexity index is 108. The second-order valence-corrected chi connectivity index (χ2v) is 4.45. The van der Waals surface area contributed by atoms with Gasteiger partial charge in [-0.05, 0) is 32.7 Å². The zero-order valence-corrected chi connectivity index (χ0v) is 9.59. The Kier molecular flexibility index (Phi) is 5.56. The summed E-state index contributed by atoms with van der Waals surface area (Å²) in [4.78, 5) is 2.44. The smallest absolute Gasteiger partial charge is 0.00356 e. The van der Waals surface area contributed by atoms with E-state index in [0.717, 1.165) is 11.8 Å². The molecule has 0 spiro atoms. The standard InChI is InChI=1S/C11H25N/c1-7-11(9(2)3)8-12(6)10(4)5/h9-11H,7-8H2,1-6H3. The zero-order chi connectivity index (χ0) is 9.72. The van der Waals surface area contributed by atoms with Crippen LogP contribution in [-0.4, -0.2) is 24.5 Å². The van der Waals surface area contributed by atoms with E-state index >= 15 is 0 Å². The third kappa shape index (κ3) is 4.10. The Morgan fingerprint density at radius 3 is 1.83 bits per heavy atom. The first kappa shape index (κ1) is 12.0. The Hall–Kier alpha value is -0.0400. The van der Waals surface area contributed by atoms with Crippen LogP contribution in [0.25, 0.3) is 0 Å². The molecular weight excluding hydrogens is 146 g/mol. The minimum Gasteiger partial charge on any atom is -0.304 e. The van der Waals surface area contributed by atoms with E-state index in [1.54, 1.807) is 0 Å². The van der Waals surface area contributed by atoms with Crippen molar-refractivity contribution in [2.45, 2.75) is 47.1 Å². The summed E-state index contributed by atoms with van der Waals surface area (Å²) in [5, 5.41) is 0. The van der Waals surface area contributed by atoms with Crippen LogP contribution in [0.5, 0.6) is 0 Å². The quantitative estimate of drug-likeness (QED) is 0.614. The molecule has 0 N–H and O–H groups in total. The molecule has 0 saturated heterocycles. The van der Waals surface area contributed by atoms with Gasteiger partial charge in [0, 0.05) is 12.6 Å². The van der Waals surface area contributed by atoms with E-state index in [2.05, 4.69) is 46.6 Å². The monoisotopic (exact) mass is 171 g/mol. The van der Waals surface area contributed by atoms with Gasteiger partial charge in [-0.15, -0.1) is 0 Å². The Labute approximate surface area is 78.1 Å². The van der Waals surface area contributed by atoms with Crippen LogP contribution in [0.3, 0.4) is 0 Å². The zero-order valence-electron chi connectivity index (χ0n) is 9.59. The molecular formula is C11H25N. The highest BCUT2D eigenvalue weighted by Gasteiger charge is 2.14. The molecule has 0 saturated carbocycles. The summed E-state index contributed by atoms with van der Waals surface area (Å²) in [5.74, 6) is 1.67. The van der Waals surface area contributed by atoms with Crippen LogP contribution in [0.2, 0.25) is 0 Å². The van der Waals surface area contributed by atoms with E-state index in [1.807, 2.05) is 0 Å². The molecule has 0 fully saturated rings. The van der Waals surface area contributed by atoms with Crippen molar-refractivity contribution in [2.75, 3.05) is 13.6 Å². The fourth-order valence-corrected chi connectivity index (χ4v) is 1.39. The second-order valence-electron chi connectivity index (χ2n) is 4.45. The highest BCUT2D eigenvalue weighted by molar-refractivity contribution is 4.67. The summed E-state index contributed by atoms with van der Waals surface area (Å²) in [6.45, 7) is 12.7. The summed E-state index contributed by atoms with van der Waals surface area (Å²) in [5.41, 5.74) is 0. The van der Waals surface area contributed by atoms with Crippen LogP contribution >= 0.6 is 0 Å². The average molecular weight is 171 g/mol. The molecule has 0 radical (unpaired) electrons. The van der Waals surface area contributed by atoms with E-state index in [0.29, 0.717) is 6.04 Å². The molecule has 12 heavy (non-hydrogen) atoms. The molecule has 0 aromatic heterocycles. The summed E-state index contributed by atoms with van der Waals surface area (Å²) >= 11 is 0. The van der Waals surface area contributed by atoms with Crippen LogP contribution in [0.4, 0.5) is 0 Å². The van der Waals surface area contributed by atoms with E-state index in [-0.39, 0.29) is 0 Å². The van der Waals surface area contributed by atoms with Gasteiger partial charge >= 0.3 is 0 Å². The van der Waals surface area contributed by atoms with Crippen LogP contribution < -0.4 is 0 Å². The lowest BCUT2D eigenvalue weighted by molar-refractivity contribution is 0.197. The van der Waals surface area contributed by atoms with Gasteiger partial charge in [0.05, 0.1) is 0 Å². The van der Waals surface area contributed by atoms with Gasteiger partial charge in [0.25, 0.3) is 0 Å².